The molecule has 0 aliphatic heterocycles. The SMILES string of the molecule is CCC(C)OCc1ccccc1-c1nc2ccccc2[nH]1. The normalized spacial score (nSPS) is 12.7. The van der Waals surface area contributed by atoms with E-state index in [1.807, 2.05) is 36.4 Å². The summed E-state index contributed by atoms with van der Waals surface area (Å²) in [5, 5.41) is 0. The van der Waals surface area contributed by atoms with E-state index in [1.54, 1.807) is 0 Å². The van der Waals surface area contributed by atoms with E-state index < -0.39 is 0 Å². The number of nitrogens with one attached hydrogen (secondary N) is 1. The number of hydrogen-bond donors (Lipinski definition) is 1. The minimum Gasteiger partial charge on any atom is -0.374 e. The van der Waals surface area contributed by atoms with Crippen LogP contribution in [0.1, 0.15) is 25.8 Å². The zero-order valence-electron chi connectivity index (χ0n) is 12.5. The van der Waals surface area contributed by atoms with E-state index in [2.05, 4.69) is 35.9 Å². The average Bonchev–Trinajstić information content (AvgIpc) is 2.96. The van der Waals surface area contributed by atoms with Gasteiger partial charge in [0.1, 0.15) is 5.82 Å². The van der Waals surface area contributed by atoms with Gasteiger partial charge < -0.3 is 9.72 Å². The Hall–Kier alpha value is -2.13. The Morgan fingerprint density at radius 3 is 2.67 bits per heavy atom. The first-order chi connectivity index (χ1) is 10.3. The van der Waals surface area contributed by atoms with E-state index in [1.165, 1.54) is 0 Å². The van der Waals surface area contributed by atoms with Gasteiger partial charge in [-0.15, -0.1) is 0 Å². The van der Waals surface area contributed by atoms with Crippen LogP contribution in [0.4, 0.5) is 0 Å². The largest absolute Gasteiger partial charge is 0.374 e. The summed E-state index contributed by atoms with van der Waals surface area (Å²) in [7, 11) is 0. The van der Waals surface area contributed by atoms with Crippen molar-refractivity contribution in [1.29, 1.82) is 0 Å². The number of aromatic nitrogens is 2. The lowest BCUT2D eigenvalue weighted by Crippen LogP contribution is -2.06. The lowest BCUT2D eigenvalue weighted by Gasteiger charge is -2.12. The van der Waals surface area contributed by atoms with Crippen molar-refractivity contribution in [1.82, 2.24) is 9.97 Å². The van der Waals surface area contributed by atoms with E-state index in [9.17, 15) is 0 Å². The lowest BCUT2D eigenvalue weighted by atomic mass is 10.1. The van der Waals surface area contributed by atoms with Gasteiger partial charge in [-0.05, 0) is 31.0 Å². The van der Waals surface area contributed by atoms with Gasteiger partial charge in [0.2, 0.25) is 0 Å². The Morgan fingerprint density at radius 2 is 1.86 bits per heavy atom. The molecule has 1 aromatic heterocycles. The van der Waals surface area contributed by atoms with E-state index in [0.717, 1.165) is 34.4 Å². The van der Waals surface area contributed by atoms with Crippen molar-refractivity contribution < 1.29 is 4.74 Å². The molecule has 0 amide bonds. The summed E-state index contributed by atoms with van der Waals surface area (Å²) in [6, 6.07) is 16.4. The van der Waals surface area contributed by atoms with Gasteiger partial charge in [-0.2, -0.15) is 0 Å². The van der Waals surface area contributed by atoms with Crippen LogP contribution < -0.4 is 0 Å². The van der Waals surface area contributed by atoms with Crippen molar-refractivity contribution >= 4 is 11.0 Å². The molecule has 0 spiro atoms. The number of nitrogens with zero attached hydrogens (tertiary/aromatic N) is 1. The molecule has 1 N–H and O–H groups in total. The standard InChI is InChI=1S/C18H20N2O/c1-3-13(2)21-12-14-8-4-5-9-15(14)18-19-16-10-6-7-11-17(16)20-18/h4-11,13H,3,12H2,1-2H3,(H,19,20). The van der Waals surface area contributed by atoms with Gasteiger partial charge in [0.05, 0.1) is 23.7 Å². The molecule has 1 unspecified atom stereocenters. The van der Waals surface area contributed by atoms with E-state index in [-0.39, 0.29) is 6.10 Å². The Bertz CT molecular complexity index is 700. The Balaban J connectivity index is 1.94. The Kier molecular flexibility index (Phi) is 4.02. The molecule has 3 aromatic rings. The third-order valence-electron chi connectivity index (χ3n) is 3.76. The molecule has 2 aromatic carbocycles. The number of ether oxygens (including phenoxy) is 1. The Morgan fingerprint density at radius 1 is 1.10 bits per heavy atom. The highest BCUT2D eigenvalue weighted by Gasteiger charge is 2.10. The van der Waals surface area contributed by atoms with Crippen molar-refractivity contribution in [3.8, 4) is 11.4 Å². The molecule has 21 heavy (non-hydrogen) atoms. The summed E-state index contributed by atoms with van der Waals surface area (Å²) in [6.07, 6.45) is 1.29. The first-order valence-corrected chi connectivity index (χ1v) is 7.42. The second-order valence-electron chi connectivity index (χ2n) is 5.29. The van der Waals surface area contributed by atoms with Gasteiger partial charge in [-0.3, -0.25) is 0 Å². The number of H-pyrrole nitrogens is 1. The maximum Gasteiger partial charge on any atom is 0.138 e. The van der Waals surface area contributed by atoms with Crippen LogP contribution >= 0.6 is 0 Å². The summed E-state index contributed by atoms with van der Waals surface area (Å²) in [5.41, 5.74) is 4.32. The molecular formula is C18H20N2O. The molecule has 0 fully saturated rings. The van der Waals surface area contributed by atoms with Crippen LogP contribution in [-0.4, -0.2) is 16.1 Å². The third-order valence-corrected chi connectivity index (χ3v) is 3.76. The van der Waals surface area contributed by atoms with Crippen LogP contribution in [0.25, 0.3) is 22.4 Å². The van der Waals surface area contributed by atoms with Gasteiger partial charge in [0, 0.05) is 5.56 Å². The van der Waals surface area contributed by atoms with E-state index >= 15 is 0 Å². The second-order valence-corrected chi connectivity index (χ2v) is 5.29. The minimum absolute atomic E-state index is 0.272. The summed E-state index contributed by atoms with van der Waals surface area (Å²) < 4.78 is 5.87. The number of fused-ring (bicyclic) bond motifs is 1. The fourth-order valence-corrected chi connectivity index (χ4v) is 2.31. The zero-order chi connectivity index (χ0) is 14.7. The van der Waals surface area contributed by atoms with Crippen LogP contribution in [0.2, 0.25) is 0 Å². The minimum atomic E-state index is 0.272. The molecule has 3 nitrogen and oxygen atoms in total. The van der Waals surface area contributed by atoms with E-state index in [4.69, 9.17) is 4.74 Å². The number of imidazole rings is 1. The number of aromatic amines is 1. The van der Waals surface area contributed by atoms with Crippen molar-refractivity contribution in [2.45, 2.75) is 33.0 Å². The maximum atomic E-state index is 5.87. The third kappa shape index (κ3) is 2.98. The van der Waals surface area contributed by atoms with Crippen LogP contribution in [0.5, 0.6) is 0 Å². The summed E-state index contributed by atoms with van der Waals surface area (Å²) in [6.45, 7) is 4.85. The summed E-state index contributed by atoms with van der Waals surface area (Å²) in [4.78, 5) is 8.07. The first-order valence-electron chi connectivity index (χ1n) is 7.42. The average molecular weight is 280 g/mol. The van der Waals surface area contributed by atoms with Gasteiger partial charge in [-0.25, -0.2) is 4.98 Å². The van der Waals surface area contributed by atoms with Crippen molar-refractivity contribution in [2.24, 2.45) is 0 Å². The highest BCUT2D eigenvalue weighted by atomic mass is 16.5. The molecule has 108 valence electrons. The molecular weight excluding hydrogens is 260 g/mol. The molecule has 0 aliphatic rings. The van der Waals surface area contributed by atoms with Crippen LogP contribution in [-0.2, 0) is 11.3 Å². The van der Waals surface area contributed by atoms with Crippen LogP contribution in [0.15, 0.2) is 48.5 Å². The number of benzene rings is 2. The molecule has 0 bridgehead atoms. The predicted octanol–water partition coefficient (Wildman–Crippen LogP) is 4.55. The highest BCUT2D eigenvalue weighted by molar-refractivity contribution is 5.79. The molecule has 0 saturated carbocycles. The Labute approximate surface area is 125 Å². The molecule has 1 heterocycles. The number of hydrogen-bond acceptors (Lipinski definition) is 2. The summed E-state index contributed by atoms with van der Waals surface area (Å²) >= 11 is 0. The van der Waals surface area contributed by atoms with Gasteiger partial charge in [-0.1, -0.05) is 43.3 Å². The second kappa shape index (κ2) is 6.10. The predicted molar refractivity (Wildman–Crippen MR) is 86.1 cm³/mol. The molecule has 0 radical (unpaired) electrons. The molecule has 0 aliphatic carbocycles. The van der Waals surface area contributed by atoms with Gasteiger partial charge >= 0.3 is 0 Å². The van der Waals surface area contributed by atoms with Crippen LogP contribution in [0, 0.1) is 0 Å². The van der Waals surface area contributed by atoms with Gasteiger partial charge in [0.15, 0.2) is 0 Å². The van der Waals surface area contributed by atoms with Crippen molar-refractivity contribution in [3.05, 3.63) is 54.1 Å². The van der Waals surface area contributed by atoms with E-state index in [0.29, 0.717) is 6.61 Å². The smallest absolute Gasteiger partial charge is 0.138 e. The zero-order valence-corrected chi connectivity index (χ0v) is 12.5. The maximum absolute atomic E-state index is 5.87. The van der Waals surface area contributed by atoms with Gasteiger partial charge in [0.25, 0.3) is 0 Å². The first kappa shape index (κ1) is 13.8. The molecule has 3 heteroatoms. The number of para-hydroxylation sites is 2. The quantitative estimate of drug-likeness (QED) is 0.744. The van der Waals surface area contributed by atoms with Crippen molar-refractivity contribution in [2.75, 3.05) is 0 Å². The highest BCUT2D eigenvalue weighted by Crippen LogP contribution is 2.24. The number of rotatable bonds is 5. The molecule has 3 rings (SSSR count). The van der Waals surface area contributed by atoms with Crippen LogP contribution in [0.3, 0.4) is 0 Å². The fraction of sp³-hybridized carbons (Fsp3) is 0.278. The molecule has 0 saturated heterocycles. The molecule has 1 atom stereocenters. The summed E-state index contributed by atoms with van der Waals surface area (Å²) in [5.74, 6) is 0.902. The lowest BCUT2D eigenvalue weighted by molar-refractivity contribution is 0.0511. The van der Waals surface area contributed by atoms with Crippen molar-refractivity contribution in [3.63, 3.8) is 0 Å². The topological polar surface area (TPSA) is 37.9 Å². The monoisotopic (exact) mass is 280 g/mol. The fourth-order valence-electron chi connectivity index (χ4n) is 2.31.